The molecule has 0 saturated carbocycles. The molecule has 26 heavy (non-hydrogen) atoms. The third-order valence-electron chi connectivity index (χ3n) is 3.33. The fourth-order valence-corrected chi connectivity index (χ4v) is 2.41. The third kappa shape index (κ3) is 5.00. The van der Waals surface area contributed by atoms with Crippen molar-refractivity contribution < 1.29 is 18.0 Å². The van der Waals surface area contributed by atoms with Crippen molar-refractivity contribution in [2.75, 3.05) is 13.6 Å². The molecule has 12 heteroatoms. The van der Waals surface area contributed by atoms with E-state index in [1.165, 1.54) is 6.07 Å². The molecule has 6 nitrogen and oxygen atoms in total. The van der Waals surface area contributed by atoms with E-state index in [4.69, 9.17) is 23.2 Å². The molecule has 2 N–H and O–H groups in total. The summed E-state index contributed by atoms with van der Waals surface area (Å²) in [5, 5.41) is 8.96. The molecule has 144 valence electrons. The lowest BCUT2D eigenvalue weighted by Gasteiger charge is -2.14. The summed E-state index contributed by atoms with van der Waals surface area (Å²) in [7, 11) is 1.67. The van der Waals surface area contributed by atoms with E-state index < -0.39 is 23.3 Å². The Kier molecular flexibility index (Phi) is 7.70. The normalized spacial score (nSPS) is 12.4. The van der Waals surface area contributed by atoms with Crippen LogP contribution in [-0.2, 0) is 6.18 Å². The minimum atomic E-state index is -4.84. The van der Waals surface area contributed by atoms with Gasteiger partial charge in [0.2, 0.25) is 0 Å². The van der Waals surface area contributed by atoms with Crippen LogP contribution in [0.2, 0.25) is 10.0 Å². The number of carbonyl (C=O) groups excluding carboxylic acids is 1. The SMILES string of the molecule is CNC(C)CNC(=O)c1cnn(-c2ncc(Cl)cc2Cl)c1C(F)(F)F.Cl. The lowest BCUT2D eigenvalue weighted by Crippen LogP contribution is -2.37. The van der Waals surface area contributed by atoms with Gasteiger partial charge in [-0.05, 0) is 20.0 Å². The number of halogens is 6. The van der Waals surface area contributed by atoms with E-state index in [2.05, 4.69) is 20.7 Å². The third-order valence-corrected chi connectivity index (χ3v) is 3.82. The van der Waals surface area contributed by atoms with Gasteiger partial charge in [-0.2, -0.15) is 18.3 Å². The van der Waals surface area contributed by atoms with Gasteiger partial charge in [0.25, 0.3) is 5.91 Å². The summed E-state index contributed by atoms with van der Waals surface area (Å²) in [5.74, 6) is -1.17. The zero-order chi connectivity index (χ0) is 18.8. The first-order valence-corrected chi connectivity index (χ1v) is 7.82. The van der Waals surface area contributed by atoms with Crippen LogP contribution >= 0.6 is 35.6 Å². The molecule has 1 amide bonds. The van der Waals surface area contributed by atoms with Crippen molar-refractivity contribution in [3.63, 3.8) is 0 Å². The van der Waals surface area contributed by atoms with Gasteiger partial charge in [-0.25, -0.2) is 9.67 Å². The molecule has 0 fully saturated rings. The van der Waals surface area contributed by atoms with Crippen LogP contribution in [0.3, 0.4) is 0 Å². The van der Waals surface area contributed by atoms with Gasteiger partial charge in [0.15, 0.2) is 11.5 Å². The average molecular weight is 433 g/mol. The number of likely N-dealkylation sites (N-methyl/N-ethyl adjacent to an activating group) is 1. The summed E-state index contributed by atoms with van der Waals surface area (Å²) >= 11 is 11.6. The van der Waals surface area contributed by atoms with Gasteiger partial charge < -0.3 is 10.6 Å². The molecule has 0 bridgehead atoms. The van der Waals surface area contributed by atoms with Crippen molar-refractivity contribution in [3.8, 4) is 5.82 Å². The Morgan fingerprint density at radius 2 is 2.00 bits per heavy atom. The Labute approximate surface area is 163 Å². The molecule has 1 unspecified atom stereocenters. The predicted molar refractivity (Wildman–Crippen MR) is 94.5 cm³/mol. The zero-order valence-corrected chi connectivity index (χ0v) is 15.9. The first-order valence-electron chi connectivity index (χ1n) is 7.07. The van der Waals surface area contributed by atoms with Crippen molar-refractivity contribution in [3.05, 3.63) is 39.8 Å². The maximum atomic E-state index is 13.5. The summed E-state index contributed by atoms with van der Waals surface area (Å²) in [6.45, 7) is 1.92. The fraction of sp³-hybridized carbons (Fsp3) is 0.357. The van der Waals surface area contributed by atoms with E-state index in [9.17, 15) is 18.0 Å². The van der Waals surface area contributed by atoms with Crippen LogP contribution in [0.4, 0.5) is 13.2 Å². The van der Waals surface area contributed by atoms with Crippen molar-refractivity contribution >= 4 is 41.5 Å². The quantitative estimate of drug-likeness (QED) is 0.760. The second kappa shape index (κ2) is 8.90. The van der Waals surface area contributed by atoms with Crippen LogP contribution in [0.15, 0.2) is 18.5 Å². The number of rotatable bonds is 5. The molecule has 0 spiro atoms. The highest BCUT2D eigenvalue weighted by Gasteiger charge is 2.41. The number of aromatic nitrogens is 3. The molecule has 0 aliphatic rings. The van der Waals surface area contributed by atoms with E-state index >= 15 is 0 Å². The Morgan fingerprint density at radius 3 is 2.54 bits per heavy atom. The highest BCUT2D eigenvalue weighted by Crippen LogP contribution is 2.34. The second-order valence-electron chi connectivity index (χ2n) is 5.18. The number of alkyl halides is 3. The number of nitrogens with zero attached hydrogens (tertiary/aromatic N) is 3. The van der Waals surface area contributed by atoms with Crippen LogP contribution < -0.4 is 10.6 Å². The number of pyridine rings is 1. The van der Waals surface area contributed by atoms with Gasteiger partial charge in [0.05, 0.1) is 21.8 Å². The molecular formula is C14H15Cl3F3N5O. The molecule has 2 rings (SSSR count). The van der Waals surface area contributed by atoms with Gasteiger partial charge in [-0.3, -0.25) is 4.79 Å². The lowest BCUT2D eigenvalue weighted by molar-refractivity contribution is -0.143. The van der Waals surface area contributed by atoms with Gasteiger partial charge >= 0.3 is 6.18 Å². The topological polar surface area (TPSA) is 71.8 Å². The van der Waals surface area contributed by atoms with Gasteiger partial charge in [0, 0.05) is 18.8 Å². The highest BCUT2D eigenvalue weighted by atomic mass is 35.5. The molecular weight excluding hydrogens is 418 g/mol. The monoisotopic (exact) mass is 431 g/mol. The smallest absolute Gasteiger partial charge is 0.350 e. The minimum absolute atomic E-state index is 0. The van der Waals surface area contributed by atoms with Crippen LogP contribution in [-0.4, -0.2) is 40.3 Å². The Balaban J connectivity index is 0.00000338. The zero-order valence-electron chi connectivity index (χ0n) is 13.6. The van der Waals surface area contributed by atoms with Crippen LogP contribution in [0.5, 0.6) is 0 Å². The van der Waals surface area contributed by atoms with Crippen LogP contribution in [0.1, 0.15) is 23.0 Å². The maximum Gasteiger partial charge on any atom is 0.434 e. The van der Waals surface area contributed by atoms with E-state index in [1.807, 2.05) is 0 Å². The van der Waals surface area contributed by atoms with Crippen molar-refractivity contribution in [2.45, 2.75) is 19.1 Å². The van der Waals surface area contributed by atoms with Crippen LogP contribution in [0, 0.1) is 0 Å². The number of amides is 1. The molecule has 2 aromatic rings. The number of hydrogen-bond acceptors (Lipinski definition) is 4. The Morgan fingerprint density at radius 1 is 1.35 bits per heavy atom. The standard InChI is InChI=1S/C14H14Cl2F3N5O.ClH/c1-7(20-2)4-22-13(25)9-6-23-24(11(9)14(17,18)19)12-10(16)3-8(15)5-21-12;/h3,5-7,20H,4H2,1-2H3,(H,22,25);1H. The Hall–Kier alpha value is -1.55. The highest BCUT2D eigenvalue weighted by molar-refractivity contribution is 6.35. The summed E-state index contributed by atoms with van der Waals surface area (Å²) in [4.78, 5) is 15.9. The summed E-state index contributed by atoms with van der Waals surface area (Å²) in [6, 6.07) is 1.13. The molecule has 0 radical (unpaired) electrons. The second-order valence-corrected chi connectivity index (χ2v) is 6.02. The van der Waals surface area contributed by atoms with Gasteiger partial charge in [0.1, 0.15) is 0 Å². The maximum absolute atomic E-state index is 13.5. The van der Waals surface area contributed by atoms with Crippen molar-refractivity contribution in [1.82, 2.24) is 25.4 Å². The predicted octanol–water partition coefficient (Wildman–Crippen LogP) is 3.35. The van der Waals surface area contributed by atoms with E-state index in [1.54, 1.807) is 14.0 Å². The summed E-state index contributed by atoms with van der Waals surface area (Å²) in [6.07, 6.45) is -2.88. The lowest BCUT2D eigenvalue weighted by atomic mass is 10.2. The molecule has 0 aliphatic heterocycles. The molecule has 0 saturated heterocycles. The molecule has 1 atom stereocenters. The molecule has 2 aromatic heterocycles. The number of hydrogen-bond donors (Lipinski definition) is 2. The summed E-state index contributed by atoms with van der Waals surface area (Å²) < 4.78 is 41.0. The summed E-state index contributed by atoms with van der Waals surface area (Å²) in [5.41, 5.74) is -1.89. The molecule has 0 aromatic carbocycles. The van der Waals surface area contributed by atoms with E-state index in [-0.39, 0.29) is 40.9 Å². The van der Waals surface area contributed by atoms with E-state index in [0.29, 0.717) is 4.68 Å². The first-order chi connectivity index (χ1) is 11.6. The van der Waals surface area contributed by atoms with Crippen LogP contribution in [0.25, 0.3) is 5.82 Å². The molecule has 2 heterocycles. The van der Waals surface area contributed by atoms with Crippen molar-refractivity contribution in [1.29, 1.82) is 0 Å². The number of carbonyl (C=O) groups is 1. The fourth-order valence-electron chi connectivity index (χ4n) is 1.95. The Bertz CT molecular complexity index is 782. The molecule has 0 aliphatic carbocycles. The van der Waals surface area contributed by atoms with Gasteiger partial charge in [-0.1, -0.05) is 23.2 Å². The van der Waals surface area contributed by atoms with Crippen molar-refractivity contribution in [2.24, 2.45) is 0 Å². The van der Waals surface area contributed by atoms with E-state index in [0.717, 1.165) is 12.4 Å². The van der Waals surface area contributed by atoms with Gasteiger partial charge in [-0.15, -0.1) is 12.4 Å². The minimum Gasteiger partial charge on any atom is -0.350 e. The number of nitrogens with one attached hydrogen (secondary N) is 2. The average Bonchev–Trinajstić information content (AvgIpc) is 2.97. The largest absolute Gasteiger partial charge is 0.434 e. The first kappa shape index (κ1) is 22.5.